The molecule has 1 heterocycles. The van der Waals surface area contributed by atoms with Crippen molar-refractivity contribution < 1.29 is 18.3 Å². The Balaban J connectivity index is 2.50. The molecule has 1 aromatic rings. The Morgan fingerprint density at radius 2 is 1.90 bits per heavy atom. The minimum Gasteiger partial charge on any atom is -0.497 e. The number of aryl methyl sites for hydroxylation is 2. The van der Waals surface area contributed by atoms with E-state index in [0.717, 1.165) is 6.42 Å². The predicted octanol–water partition coefficient (Wildman–Crippen LogP) is 1.90. The van der Waals surface area contributed by atoms with E-state index < -0.39 is 16.1 Å². The molecule has 0 spiro atoms. The van der Waals surface area contributed by atoms with E-state index in [-0.39, 0.29) is 6.61 Å². The van der Waals surface area contributed by atoms with Crippen LogP contribution in [0.15, 0.2) is 17.0 Å². The normalized spacial score (nSPS) is 20.3. The lowest BCUT2D eigenvalue weighted by molar-refractivity contribution is 0.140. The molecule has 1 aromatic carbocycles. The zero-order chi connectivity index (χ0) is 14.9. The first-order valence-corrected chi connectivity index (χ1v) is 8.11. The van der Waals surface area contributed by atoms with E-state index in [2.05, 4.69) is 0 Å². The molecule has 0 bridgehead atoms. The highest BCUT2D eigenvalue weighted by molar-refractivity contribution is 7.89. The fourth-order valence-corrected chi connectivity index (χ4v) is 4.94. The summed E-state index contributed by atoms with van der Waals surface area (Å²) in [6.45, 7) is 3.56. The van der Waals surface area contributed by atoms with E-state index in [1.54, 1.807) is 33.1 Å². The van der Waals surface area contributed by atoms with Gasteiger partial charge in [0, 0.05) is 6.54 Å². The minimum atomic E-state index is -3.61. The molecule has 1 aliphatic heterocycles. The SMILES string of the molecule is COc1cc(C)c(S(=O)(=O)N2CCCC2C[O])c(C)c1. The van der Waals surface area contributed by atoms with Crippen LogP contribution in [0.25, 0.3) is 0 Å². The first-order chi connectivity index (χ1) is 9.41. The quantitative estimate of drug-likeness (QED) is 0.852. The Kier molecular flexibility index (Phi) is 4.36. The number of benzene rings is 1. The molecule has 1 aliphatic rings. The van der Waals surface area contributed by atoms with Crippen LogP contribution in [0.1, 0.15) is 24.0 Å². The number of ether oxygens (including phenoxy) is 1. The second-order valence-electron chi connectivity index (χ2n) is 5.17. The largest absolute Gasteiger partial charge is 0.497 e. The maximum absolute atomic E-state index is 12.8. The van der Waals surface area contributed by atoms with Crippen LogP contribution >= 0.6 is 0 Å². The van der Waals surface area contributed by atoms with Gasteiger partial charge in [-0.2, -0.15) is 4.31 Å². The molecule has 1 saturated heterocycles. The first kappa shape index (κ1) is 15.3. The molecular formula is C14H20NO4S. The number of hydrogen-bond acceptors (Lipinski definition) is 3. The van der Waals surface area contributed by atoms with E-state index in [1.807, 2.05) is 0 Å². The van der Waals surface area contributed by atoms with Crippen molar-refractivity contribution in [2.24, 2.45) is 0 Å². The lowest BCUT2D eigenvalue weighted by Gasteiger charge is -2.24. The molecule has 1 atom stereocenters. The van der Waals surface area contributed by atoms with Crippen molar-refractivity contribution in [1.29, 1.82) is 0 Å². The molecule has 0 amide bonds. The standard InChI is InChI=1S/C14H20NO4S/c1-10-7-13(19-3)8-11(2)14(10)20(17,18)15-6-4-5-12(15)9-16/h7-8,12H,4-6,9H2,1-3H3. The smallest absolute Gasteiger partial charge is 0.243 e. The summed E-state index contributed by atoms with van der Waals surface area (Å²) in [4.78, 5) is 0.304. The second-order valence-corrected chi connectivity index (χ2v) is 7.00. The Morgan fingerprint density at radius 3 is 2.40 bits per heavy atom. The molecule has 1 radical (unpaired) electrons. The van der Waals surface area contributed by atoms with Crippen LogP contribution in [0.5, 0.6) is 5.75 Å². The van der Waals surface area contributed by atoms with Crippen LogP contribution in [0.3, 0.4) is 0 Å². The predicted molar refractivity (Wildman–Crippen MR) is 74.9 cm³/mol. The van der Waals surface area contributed by atoms with Crippen molar-refractivity contribution in [3.63, 3.8) is 0 Å². The average molecular weight is 298 g/mol. The van der Waals surface area contributed by atoms with Gasteiger partial charge in [0.05, 0.1) is 24.7 Å². The maximum Gasteiger partial charge on any atom is 0.243 e. The summed E-state index contributed by atoms with van der Waals surface area (Å²) in [5, 5.41) is 11.2. The third-order valence-corrected chi connectivity index (χ3v) is 6.01. The number of hydrogen-bond donors (Lipinski definition) is 0. The van der Waals surface area contributed by atoms with Crippen molar-refractivity contribution in [3.05, 3.63) is 23.3 Å². The van der Waals surface area contributed by atoms with Crippen molar-refractivity contribution in [3.8, 4) is 5.75 Å². The van der Waals surface area contributed by atoms with Crippen LogP contribution in [0.4, 0.5) is 0 Å². The highest BCUT2D eigenvalue weighted by atomic mass is 32.2. The van der Waals surface area contributed by atoms with E-state index >= 15 is 0 Å². The van der Waals surface area contributed by atoms with Gasteiger partial charge in [-0.25, -0.2) is 13.5 Å². The molecule has 0 saturated carbocycles. The van der Waals surface area contributed by atoms with Crippen LogP contribution in [-0.2, 0) is 15.1 Å². The van der Waals surface area contributed by atoms with Crippen LogP contribution in [0, 0.1) is 13.8 Å². The zero-order valence-electron chi connectivity index (χ0n) is 12.0. The van der Waals surface area contributed by atoms with Crippen molar-refractivity contribution >= 4 is 10.0 Å². The van der Waals surface area contributed by atoms with Crippen LogP contribution < -0.4 is 4.74 Å². The fraction of sp³-hybridized carbons (Fsp3) is 0.571. The van der Waals surface area contributed by atoms with Gasteiger partial charge < -0.3 is 4.74 Å². The van der Waals surface area contributed by atoms with Gasteiger partial charge >= 0.3 is 0 Å². The Bertz CT molecular complexity index is 574. The molecule has 2 rings (SSSR count). The van der Waals surface area contributed by atoms with Gasteiger partial charge in [-0.3, -0.25) is 0 Å². The number of sulfonamides is 1. The van der Waals surface area contributed by atoms with Gasteiger partial charge in [-0.05, 0) is 49.9 Å². The zero-order valence-corrected chi connectivity index (χ0v) is 12.9. The summed E-state index contributed by atoms with van der Waals surface area (Å²) in [7, 11) is -2.06. The van der Waals surface area contributed by atoms with Crippen LogP contribution in [-0.4, -0.2) is 39.0 Å². The Hall–Kier alpha value is -1.11. The molecule has 5 nitrogen and oxygen atoms in total. The number of nitrogens with zero attached hydrogens (tertiary/aromatic N) is 1. The molecule has 20 heavy (non-hydrogen) atoms. The highest BCUT2D eigenvalue weighted by Crippen LogP contribution is 2.32. The Morgan fingerprint density at radius 1 is 1.30 bits per heavy atom. The van der Waals surface area contributed by atoms with Crippen LogP contribution in [0.2, 0.25) is 0 Å². The summed E-state index contributed by atoms with van der Waals surface area (Å²) in [5.41, 5.74) is 1.30. The first-order valence-electron chi connectivity index (χ1n) is 6.67. The molecule has 1 unspecified atom stereocenters. The highest BCUT2D eigenvalue weighted by Gasteiger charge is 2.36. The lowest BCUT2D eigenvalue weighted by atomic mass is 10.1. The summed E-state index contributed by atoms with van der Waals surface area (Å²) < 4.78 is 32.1. The molecular weight excluding hydrogens is 278 g/mol. The monoisotopic (exact) mass is 298 g/mol. The van der Waals surface area contributed by atoms with E-state index in [4.69, 9.17) is 4.74 Å². The number of methoxy groups -OCH3 is 1. The van der Waals surface area contributed by atoms with E-state index in [0.29, 0.717) is 34.7 Å². The van der Waals surface area contributed by atoms with Gasteiger partial charge in [0.2, 0.25) is 10.0 Å². The number of rotatable bonds is 4. The van der Waals surface area contributed by atoms with Gasteiger partial charge in [0.1, 0.15) is 5.75 Å². The molecule has 1 fully saturated rings. The van der Waals surface area contributed by atoms with Gasteiger partial charge in [0.25, 0.3) is 0 Å². The third-order valence-electron chi connectivity index (χ3n) is 3.75. The second kappa shape index (κ2) is 5.71. The van der Waals surface area contributed by atoms with Gasteiger partial charge in [-0.15, -0.1) is 0 Å². The molecule has 0 aliphatic carbocycles. The van der Waals surface area contributed by atoms with Crippen molar-refractivity contribution in [2.75, 3.05) is 20.3 Å². The Labute approximate surface area is 120 Å². The summed E-state index contributed by atoms with van der Waals surface area (Å²) in [6, 6.07) is 3.01. The maximum atomic E-state index is 12.8. The molecule has 111 valence electrons. The van der Waals surface area contributed by atoms with Gasteiger partial charge in [0.15, 0.2) is 0 Å². The third kappa shape index (κ3) is 2.55. The molecule has 0 aromatic heterocycles. The lowest BCUT2D eigenvalue weighted by Crippen LogP contribution is -2.38. The fourth-order valence-electron chi connectivity index (χ4n) is 2.84. The van der Waals surface area contributed by atoms with Crippen molar-refractivity contribution in [2.45, 2.75) is 37.6 Å². The summed E-state index contributed by atoms with van der Waals surface area (Å²) in [6.07, 6.45) is 1.40. The minimum absolute atomic E-state index is 0.304. The van der Waals surface area contributed by atoms with Gasteiger partial charge in [-0.1, -0.05) is 0 Å². The summed E-state index contributed by atoms with van der Waals surface area (Å²) >= 11 is 0. The molecule has 6 heteroatoms. The van der Waals surface area contributed by atoms with E-state index in [1.165, 1.54) is 4.31 Å². The molecule has 0 N–H and O–H groups in total. The van der Waals surface area contributed by atoms with Crippen molar-refractivity contribution in [1.82, 2.24) is 4.31 Å². The topological polar surface area (TPSA) is 66.5 Å². The van der Waals surface area contributed by atoms with E-state index in [9.17, 15) is 13.5 Å². The average Bonchev–Trinajstić information content (AvgIpc) is 2.86. The summed E-state index contributed by atoms with van der Waals surface area (Å²) in [5.74, 6) is 0.640.